The van der Waals surface area contributed by atoms with E-state index in [1.54, 1.807) is 4.90 Å². The van der Waals surface area contributed by atoms with E-state index in [1.165, 1.54) is 5.56 Å². The van der Waals surface area contributed by atoms with Crippen molar-refractivity contribution >= 4 is 11.8 Å². The lowest BCUT2D eigenvalue weighted by Crippen LogP contribution is -2.41. The van der Waals surface area contributed by atoms with Crippen LogP contribution >= 0.6 is 0 Å². The molecule has 1 N–H and O–H groups in total. The number of amides is 2. The quantitative estimate of drug-likeness (QED) is 0.870. The molecule has 1 atom stereocenters. The Kier molecular flexibility index (Phi) is 6.79. The summed E-state index contributed by atoms with van der Waals surface area (Å²) in [5.74, 6) is 0.244. The molecule has 1 aliphatic heterocycles. The lowest BCUT2D eigenvalue weighted by molar-refractivity contribution is -0.137. The Balaban J connectivity index is 1.89. The van der Waals surface area contributed by atoms with Crippen LogP contribution in [0.1, 0.15) is 43.9 Å². The van der Waals surface area contributed by atoms with Crippen molar-refractivity contribution in [2.24, 2.45) is 5.92 Å². The Morgan fingerprint density at radius 1 is 1.17 bits per heavy atom. The van der Waals surface area contributed by atoms with E-state index in [0.29, 0.717) is 26.3 Å². The highest BCUT2D eigenvalue weighted by Gasteiger charge is 2.21. The number of morpholine rings is 1. The van der Waals surface area contributed by atoms with Crippen molar-refractivity contribution in [2.75, 3.05) is 26.3 Å². The number of hydrogen-bond acceptors (Lipinski definition) is 3. The molecule has 2 amide bonds. The second-order valence-electron chi connectivity index (χ2n) is 6.64. The Labute approximate surface area is 144 Å². The summed E-state index contributed by atoms with van der Waals surface area (Å²) in [5.41, 5.74) is 2.31. The Bertz CT molecular complexity index is 565. The van der Waals surface area contributed by atoms with Crippen molar-refractivity contribution < 1.29 is 14.3 Å². The molecule has 0 radical (unpaired) electrons. The van der Waals surface area contributed by atoms with Crippen molar-refractivity contribution in [3.05, 3.63) is 35.4 Å². The number of rotatable bonds is 6. The first-order valence-corrected chi connectivity index (χ1v) is 8.69. The van der Waals surface area contributed by atoms with Crippen LogP contribution in [0.4, 0.5) is 0 Å². The summed E-state index contributed by atoms with van der Waals surface area (Å²) < 4.78 is 5.24. The lowest BCUT2D eigenvalue weighted by atomic mass is 9.92. The number of nitrogens with zero attached hydrogens (tertiary/aromatic N) is 1. The Morgan fingerprint density at radius 2 is 1.83 bits per heavy atom. The maximum absolute atomic E-state index is 12.3. The maximum atomic E-state index is 12.3. The molecule has 2 rings (SSSR count). The summed E-state index contributed by atoms with van der Waals surface area (Å²) in [6.07, 6.45) is 0.482. The zero-order valence-electron chi connectivity index (χ0n) is 14.9. The van der Waals surface area contributed by atoms with Crippen LogP contribution in [0.2, 0.25) is 0 Å². The molecule has 0 unspecified atom stereocenters. The van der Waals surface area contributed by atoms with E-state index in [-0.39, 0.29) is 36.6 Å². The molecule has 0 aromatic heterocycles. The molecule has 1 saturated heterocycles. The standard InChI is InChI=1S/C19H28N2O3/c1-14(2)19(16-7-5-4-6-15(16)3)20-17(22)8-9-18(23)21-10-12-24-13-11-21/h4-7,14,19H,8-13H2,1-3H3,(H,20,22)/t19-/m0/s1. The predicted molar refractivity (Wildman–Crippen MR) is 93.5 cm³/mol. The van der Waals surface area contributed by atoms with E-state index >= 15 is 0 Å². The highest BCUT2D eigenvalue weighted by molar-refractivity contribution is 5.84. The van der Waals surface area contributed by atoms with Gasteiger partial charge in [0.2, 0.25) is 11.8 Å². The topological polar surface area (TPSA) is 58.6 Å². The summed E-state index contributed by atoms with van der Waals surface area (Å²) in [7, 11) is 0. The fourth-order valence-electron chi connectivity index (χ4n) is 2.98. The van der Waals surface area contributed by atoms with E-state index in [9.17, 15) is 9.59 Å². The number of benzene rings is 1. The third-order valence-electron chi connectivity index (χ3n) is 4.44. The summed E-state index contributed by atoms with van der Waals surface area (Å²) in [6.45, 7) is 8.66. The SMILES string of the molecule is Cc1ccccc1[C@@H](NC(=O)CCC(=O)N1CCOCC1)C(C)C. The molecule has 132 valence electrons. The van der Waals surface area contributed by atoms with Crippen molar-refractivity contribution in [1.29, 1.82) is 0 Å². The molecule has 5 nitrogen and oxygen atoms in total. The van der Waals surface area contributed by atoms with Gasteiger partial charge < -0.3 is 15.0 Å². The van der Waals surface area contributed by atoms with E-state index < -0.39 is 0 Å². The van der Waals surface area contributed by atoms with Gasteiger partial charge in [-0.25, -0.2) is 0 Å². The molecule has 0 spiro atoms. The van der Waals surface area contributed by atoms with Gasteiger partial charge in [-0.05, 0) is 24.0 Å². The summed E-state index contributed by atoms with van der Waals surface area (Å²) >= 11 is 0. The van der Waals surface area contributed by atoms with Gasteiger partial charge in [-0.15, -0.1) is 0 Å². The van der Waals surface area contributed by atoms with Crippen molar-refractivity contribution in [3.63, 3.8) is 0 Å². The summed E-state index contributed by atoms with van der Waals surface area (Å²) in [5, 5.41) is 3.10. The van der Waals surface area contributed by atoms with Gasteiger partial charge in [0.1, 0.15) is 0 Å². The predicted octanol–water partition coefficient (Wildman–Crippen LogP) is 2.45. The minimum atomic E-state index is -0.0708. The summed E-state index contributed by atoms with van der Waals surface area (Å²) in [6, 6.07) is 8.07. The summed E-state index contributed by atoms with van der Waals surface area (Å²) in [4.78, 5) is 26.2. The molecule has 0 bridgehead atoms. The molecule has 1 aromatic carbocycles. The minimum Gasteiger partial charge on any atom is -0.378 e. The number of carbonyl (C=O) groups excluding carboxylic acids is 2. The zero-order valence-corrected chi connectivity index (χ0v) is 14.9. The Morgan fingerprint density at radius 3 is 2.46 bits per heavy atom. The third-order valence-corrected chi connectivity index (χ3v) is 4.44. The van der Waals surface area contributed by atoms with E-state index in [0.717, 1.165) is 5.56 Å². The molecule has 0 saturated carbocycles. The fraction of sp³-hybridized carbons (Fsp3) is 0.579. The van der Waals surface area contributed by atoms with E-state index in [2.05, 4.69) is 38.2 Å². The first-order chi connectivity index (χ1) is 11.5. The van der Waals surface area contributed by atoms with E-state index in [4.69, 9.17) is 4.74 Å². The third kappa shape index (κ3) is 5.06. The second kappa shape index (κ2) is 8.83. The number of nitrogens with one attached hydrogen (secondary N) is 1. The molecule has 1 aromatic rings. The monoisotopic (exact) mass is 332 g/mol. The first kappa shape index (κ1) is 18.5. The molecule has 24 heavy (non-hydrogen) atoms. The molecule has 0 aliphatic carbocycles. The average molecular weight is 332 g/mol. The van der Waals surface area contributed by atoms with E-state index in [1.807, 2.05) is 12.1 Å². The van der Waals surface area contributed by atoms with Crippen LogP contribution in [-0.4, -0.2) is 43.0 Å². The smallest absolute Gasteiger partial charge is 0.223 e. The van der Waals surface area contributed by atoms with Crippen LogP contribution in [0.3, 0.4) is 0 Å². The lowest BCUT2D eigenvalue weighted by Gasteiger charge is -2.27. The highest BCUT2D eigenvalue weighted by atomic mass is 16.5. The van der Waals surface area contributed by atoms with Crippen LogP contribution in [0, 0.1) is 12.8 Å². The molecular formula is C19H28N2O3. The van der Waals surface area contributed by atoms with Gasteiger partial charge in [-0.1, -0.05) is 38.1 Å². The van der Waals surface area contributed by atoms with Crippen LogP contribution < -0.4 is 5.32 Å². The van der Waals surface area contributed by atoms with Gasteiger partial charge in [0.15, 0.2) is 0 Å². The maximum Gasteiger partial charge on any atom is 0.223 e. The van der Waals surface area contributed by atoms with Gasteiger partial charge in [0.25, 0.3) is 0 Å². The van der Waals surface area contributed by atoms with Gasteiger partial charge in [0.05, 0.1) is 19.3 Å². The molecular weight excluding hydrogens is 304 g/mol. The van der Waals surface area contributed by atoms with Gasteiger partial charge in [0, 0.05) is 25.9 Å². The van der Waals surface area contributed by atoms with Gasteiger partial charge in [-0.3, -0.25) is 9.59 Å². The average Bonchev–Trinajstić information content (AvgIpc) is 2.59. The number of hydrogen-bond donors (Lipinski definition) is 1. The van der Waals surface area contributed by atoms with Crippen molar-refractivity contribution in [3.8, 4) is 0 Å². The van der Waals surface area contributed by atoms with Gasteiger partial charge >= 0.3 is 0 Å². The Hall–Kier alpha value is -1.88. The molecule has 5 heteroatoms. The molecule has 1 fully saturated rings. The fourth-order valence-corrected chi connectivity index (χ4v) is 2.98. The normalized spacial score (nSPS) is 16.1. The number of carbonyl (C=O) groups is 2. The highest BCUT2D eigenvalue weighted by Crippen LogP contribution is 2.24. The minimum absolute atomic E-state index is 0.0304. The van der Waals surface area contributed by atoms with Crippen LogP contribution in [0.25, 0.3) is 0 Å². The largest absolute Gasteiger partial charge is 0.378 e. The van der Waals surface area contributed by atoms with Crippen molar-refractivity contribution in [1.82, 2.24) is 10.2 Å². The van der Waals surface area contributed by atoms with Crippen LogP contribution in [0.5, 0.6) is 0 Å². The van der Waals surface area contributed by atoms with Crippen molar-refractivity contribution in [2.45, 2.75) is 39.7 Å². The number of aryl methyl sites for hydroxylation is 1. The number of ether oxygens (including phenoxy) is 1. The first-order valence-electron chi connectivity index (χ1n) is 8.69. The van der Waals surface area contributed by atoms with Crippen LogP contribution in [-0.2, 0) is 14.3 Å². The molecule has 1 heterocycles. The molecule has 1 aliphatic rings. The second-order valence-corrected chi connectivity index (χ2v) is 6.64. The van der Waals surface area contributed by atoms with Crippen LogP contribution in [0.15, 0.2) is 24.3 Å². The zero-order chi connectivity index (χ0) is 17.5. The van der Waals surface area contributed by atoms with Gasteiger partial charge in [-0.2, -0.15) is 0 Å².